The fourth-order valence-electron chi connectivity index (χ4n) is 2.74. The molecule has 0 saturated heterocycles. The molecule has 0 amide bonds. The van der Waals surface area contributed by atoms with Crippen LogP contribution in [0.25, 0.3) is 11.0 Å². The lowest BCUT2D eigenvalue weighted by Crippen LogP contribution is -2.27. The maximum atomic E-state index is 4.55. The summed E-state index contributed by atoms with van der Waals surface area (Å²) in [6.45, 7) is 2.22. The first-order chi connectivity index (χ1) is 9.81. The van der Waals surface area contributed by atoms with E-state index in [2.05, 4.69) is 37.7 Å². The molecule has 2 aromatic rings. The average Bonchev–Trinajstić information content (AvgIpc) is 3.08. The lowest BCUT2D eigenvalue weighted by Gasteiger charge is -2.21. The van der Waals surface area contributed by atoms with Gasteiger partial charge in [0.1, 0.15) is 5.82 Å². The molecule has 3 N–H and O–H groups in total. The molecule has 2 heterocycles. The summed E-state index contributed by atoms with van der Waals surface area (Å²) in [4.78, 5) is 8.91. The fourth-order valence-corrected chi connectivity index (χ4v) is 3.93. The third kappa shape index (κ3) is 2.54. The van der Waals surface area contributed by atoms with Gasteiger partial charge in [-0.25, -0.2) is 0 Å². The first-order valence-corrected chi connectivity index (χ1v) is 8.13. The van der Waals surface area contributed by atoms with Gasteiger partial charge in [0.05, 0.1) is 11.6 Å². The predicted octanol–water partition coefficient (Wildman–Crippen LogP) is 2.48. The number of nitrogens with one attached hydrogen (secondary N) is 3. The van der Waals surface area contributed by atoms with Gasteiger partial charge in [0.25, 0.3) is 0 Å². The van der Waals surface area contributed by atoms with Crippen LogP contribution in [0.2, 0.25) is 0 Å². The summed E-state index contributed by atoms with van der Waals surface area (Å²) < 4.78 is 0. The van der Waals surface area contributed by atoms with Gasteiger partial charge < -0.3 is 10.6 Å². The highest BCUT2D eigenvalue weighted by atomic mass is 32.2. The Balaban J connectivity index is 1.87. The number of nitrogens with zero attached hydrogens (tertiary/aromatic N) is 3. The third-order valence-corrected chi connectivity index (χ3v) is 5.01. The zero-order valence-electron chi connectivity index (χ0n) is 11.8. The summed E-state index contributed by atoms with van der Waals surface area (Å²) >= 11 is 2.04. The Labute approximate surface area is 122 Å². The van der Waals surface area contributed by atoms with Crippen molar-refractivity contribution < 1.29 is 0 Å². The second kappa shape index (κ2) is 5.87. The van der Waals surface area contributed by atoms with E-state index in [0.29, 0.717) is 17.2 Å². The molecule has 1 aliphatic rings. The lowest BCUT2D eigenvalue weighted by atomic mass is 10.2. The van der Waals surface area contributed by atoms with Gasteiger partial charge in [-0.05, 0) is 18.6 Å². The van der Waals surface area contributed by atoms with Crippen LogP contribution in [-0.4, -0.2) is 44.3 Å². The van der Waals surface area contributed by atoms with Crippen LogP contribution < -0.4 is 10.6 Å². The first-order valence-electron chi connectivity index (χ1n) is 7.08. The van der Waals surface area contributed by atoms with E-state index in [4.69, 9.17) is 0 Å². The molecule has 0 aromatic carbocycles. The minimum atomic E-state index is 0.484. The Morgan fingerprint density at radius 2 is 2.30 bits per heavy atom. The van der Waals surface area contributed by atoms with Crippen LogP contribution in [0.5, 0.6) is 0 Å². The summed E-state index contributed by atoms with van der Waals surface area (Å²) in [6, 6.07) is 0.484. The minimum Gasteiger partial charge on any atom is -0.365 e. The number of rotatable bonds is 5. The number of aromatic amines is 1. The van der Waals surface area contributed by atoms with Gasteiger partial charge in [0.15, 0.2) is 5.65 Å². The molecule has 2 unspecified atom stereocenters. The highest BCUT2D eigenvalue weighted by Crippen LogP contribution is 2.33. The number of hydrogen-bond donors (Lipinski definition) is 3. The van der Waals surface area contributed by atoms with Gasteiger partial charge in [0, 0.05) is 18.3 Å². The van der Waals surface area contributed by atoms with Crippen molar-refractivity contribution in [1.82, 2.24) is 20.2 Å². The van der Waals surface area contributed by atoms with E-state index >= 15 is 0 Å². The Morgan fingerprint density at radius 3 is 3.10 bits per heavy atom. The molecule has 0 bridgehead atoms. The molecule has 0 spiro atoms. The van der Waals surface area contributed by atoms with E-state index < -0.39 is 0 Å². The second-order valence-electron chi connectivity index (χ2n) is 4.95. The van der Waals surface area contributed by atoms with E-state index in [1.54, 1.807) is 6.20 Å². The fraction of sp³-hybridized carbons (Fsp3) is 0.615. The largest absolute Gasteiger partial charge is 0.365 e. The summed E-state index contributed by atoms with van der Waals surface area (Å²) in [7, 11) is 1.83. The highest BCUT2D eigenvalue weighted by molar-refractivity contribution is 7.99. The molecule has 3 rings (SSSR count). The molecule has 2 aromatic heterocycles. The van der Waals surface area contributed by atoms with Crippen LogP contribution in [-0.2, 0) is 0 Å². The third-order valence-electron chi connectivity index (χ3n) is 3.69. The molecular weight excluding hydrogens is 272 g/mol. The summed E-state index contributed by atoms with van der Waals surface area (Å²) in [6.07, 6.45) is 5.56. The quantitative estimate of drug-likeness (QED) is 0.786. The van der Waals surface area contributed by atoms with E-state index in [0.717, 1.165) is 22.6 Å². The van der Waals surface area contributed by atoms with Crippen LogP contribution in [0.4, 0.5) is 11.8 Å². The molecule has 1 saturated carbocycles. The number of anilines is 2. The normalized spacial score (nSPS) is 22.3. The molecular formula is C13H20N6S. The van der Waals surface area contributed by atoms with Gasteiger partial charge in [-0.3, -0.25) is 5.10 Å². The minimum absolute atomic E-state index is 0.484. The monoisotopic (exact) mass is 292 g/mol. The van der Waals surface area contributed by atoms with Crippen molar-refractivity contribution in [2.75, 3.05) is 23.4 Å². The number of hydrogen-bond acceptors (Lipinski definition) is 6. The van der Waals surface area contributed by atoms with Crippen LogP contribution in [0.3, 0.4) is 0 Å². The van der Waals surface area contributed by atoms with Gasteiger partial charge in [0.2, 0.25) is 5.95 Å². The zero-order chi connectivity index (χ0) is 13.9. The van der Waals surface area contributed by atoms with Crippen molar-refractivity contribution >= 4 is 34.6 Å². The first kappa shape index (κ1) is 13.5. The molecule has 2 atom stereocenters. The van der Waals surface area contributed by atoms with E-state index in [1.807, 2.05) is 18.8 Å². The van der Waals surface area contributed by atoms with E-state index in [-0.39, 0.29) is 0 Å². The van der Waals surface area contributed by atoms with Crippen LogP contribution in [0.15, 0.2) is 6.20 Å². The predicted molar refractivity (Wildman–Crippen MR) is 84.4 cm³/mol. The molecule has 6 nitrogen and oxygen atoms in total. The summed E-state index contributed by atoms with van der Waals surface area (Å²) in [5.74, 6) is 2.65. The topological polar surface area (TPSA) is 78.5 Å². The van der Waals surface area contributed by atoms with Crippen LogP contribution >= 0.6 is 11.8 Å². The van der Waals surface area contributed by atoms with Crippen molar-refractivity contribution in [2.45, 2.75) is 37.5 Å². The number of aromatic nitrogens is 4. The van der Waals surface area contributed by atoms with E-state index in [1.165, 1.54) is 19.3 Å². The lowest BCUT2D eigenvalue weighted by molar-refractivity contribution is 0.764. The van der Waals surface area contributed by atoms with Crippen molar-refractivity contribution in [1.29, 1.82) is 0 Å². The maximum absolute atomic E-state index is 4.55. The van der Waals surface area contributed by atoms with Crippen molar-refractivity contribution in [3.05, 3.63) is 6.20 Å². The van der Waals surface area contributed by atoms with Gasteiger partial charge in [-0.2, -0.15) is 26.8 Å². The Bertz CT molecular complexity index is 583. The average molecular weight is 292 g/mol. The van der Waals surface area contributed by atoms with Crippen LogP contribution in [0, 0.1) is 0 Å². The second-order valence-corrected chi connectivity index (χ2v) is 6.47. The smallest absolute Gasteiger partial charge is 0.226 e. The molecule has 1 aliphatic carbocycles. The SMILES string of the molecule is CCSC1CCCC1Nc1nc(NC)nc2[nH]ncc12. The van der Waals surface area contributed by atoms with Gasteiger partial charge in [-0.15, -0.1) is 0 Å². The molecule has 1 fully saturated rings. The van der Waals surface area contributed by atoms with Crippen molar-refractivity contribution in [3.8, 4) is 0 Å². The molecule has 108 valence electrons. The Morgan fingerprint density at radius 1 is 1.40 bits per heavy atom. The molecule has 0 radical (unpaired) electrons. The van der Waals surface area contributed by atoms with E-state index in [9.17, 15) is 0 Å². The Kier molecular flexibility index (Phi) is 3.95. The van der Waals surface area contributed by atoms with Crippen molar-refractivity contribution in [3.63, 3.8) is 0 Å². The highest BCUT2D eigenvalue weighted by Gasteiger charge is 2.28. The summed E-state index contributed by atoms with van der Waals surface area (Å²) in [5.41, 5.74) is 0.768. The molecule has 20 heavy (non-hydrogen) atoms. The number of H-pyrrole nitrogens is 1. The zero-order valence-corrected chi connectivity index (χ0v) is 12.6. The number of thioether (sulfide) groups is 1. The standard InChI is InChI=1S/C13H20N6S/c1-3-20-10-6-4-5-9(10)16-11-8-7-15-19-12(8)18-13(14-2)17-11/h7,9-10H,3-6H2,1-2H3,(H3,14,15,16,17,18,19). The maximum Gasteiger partial charge on any atom is 0.226 e. The Hall–Kier alpha value is -1.50. The van der Waals surface area contributed by atoms with Crippen LogP contribution in [0.1, 0.15) is 26.2 Å². The van der Waals surface area contributed by atoms with Gasteiger partial charge >= 0.3 is 0 Å². The molecule has 7 heteroatoms. The number of fused-ring (bicyclic) bond motifs is 1. The van der Waals surface area contributed by atoms with Crippen molar-refractivity contribution in [2.24, 2.45) is 0 Å². The summed E-state index contributed by atoms with van der Waals surface area (Å²) in [5, 5.41) is 15.2. The van der Waals surface area contributed by atoms with Gasteiger partial charge in [-0.1, -0.05) is 13.3 Å². The molecule has 0 aliphatic heterocycles.